The molecule has 29 heavy (non-hydrogen) atoms. The first-order chi connectivity index (χ1) is 13.8. The molecule has 0 heterocycles. The summed E-state index contributed by atoms with van der Waals surface area (Å²) < 4.78 is 5.70. The number of amides is 2. The molecule has 0 aliphatic heterocycles. The zero-order chi connectivity index (χ0) is 21.4. The van der Waals surface area contributed by atoms with Gasteiger partial charge in [0, 0.05) is 12.6 Å². The summed E-state index contributed by atoms with van der Waals surface area (Å²) in [6.45, 7) is 10.0. The second-order valence-corrected chi connectivity index (χ2v) is 7.64. The van der Waals surface area contributed by atoms with Crippen molar-refractivity contribution in [3.05, 3.63) is 65.2 Å². The maximum atomic E-state index is 13.1. The predicted octanol–water partition coefficient (Wildman–Crippen LogP) is 4.01. The van der Waals surface area contributed by atoms with Gasteiger partial charge in [0.25, 0.3) is 5.91 Å². The Morgan fingerprint density at radius 1 is 1.03 bits per heavy atom. The van der Waals surface area contributed by atoms with E-state index in [4.69, 9.17) is 4.74 Å². The summed E-state index contributed by atoms with van der Waals surface area (Å²) in [4.78, 5) is 27.5. The Morgan fingerprint density at radius 3 is 2.28 bits per heavy atom. The van der Waals surface area contributed by atoms with Crippen LogP contribution in [0.25, 0.3) is 0 Å². The molecular weight excluding hydrogens is 364 g/mol. The van der Waals surface area contributed by atoms with Gasteiger partial charge in [-0.15, -0.1) is 0 Å². The van der Waals surface area contributed by atoms with Gasteiger partial charge in [0.05, 0.1) is 0 Å². The van der Waals surface area contributed by atoms with Crippen LogP contribution in [0, 0.1) is 13.8 Å². The van der Waals surface area contributed by atoms with Gasteiger partial charge < -0.3 is 15.0 Å². The number of hydrogen-bond acceptors (Lipinski definition) is 3. The van der Waals surface area contributed by atoms with Gasteiger partial charge in [0.15, 0.2) is 6.61 Å². The number of aryl methyl sites for hydroxylation is 2. The van der Waals surface area contributed by atoms with Crippen molar-refractivity contribution in [1.29, 1.82) is 0 Å². The largest absolute Gasteiger partial charge is 0.484 e. The second kappa shape index (κ2) is 10.6. The van der Waals surface area contributed by atoms with E-state index in [-0.39, 0.29) is 24.5 Å². The molecule has 2 rings (SSSR count). The fourth-order valence-corrected chi connectivity index (χ4v) is 3.13. The fraction of sp³-hybridized carbons (Fsp3) is 0.417. The number of benzene rings is 2. The van der Waals surface area contributed by atoms with Gasteiger partial charge in [0.1, 0.15) is 11.8 Å². The van der Waals surface area contributed by atoms with Crippen LogP contribution in [0.4, 0.5) is 0 Å². The highest BCUT2D eigenvalue weighted by atomic mass is 16.5. The van der Waals surface area contributed by atoms with Crippen LogP contribution >= 0.6 is 0 Å². The van der Waals surface area contributed by atoms with Crippen LogP contribution in [0.3, 0.4) is 0 Å². The lowest BCUT2D eigenvalue weighted by molar-refractivity contribution is -0.143. The number of nitrogens with one attached hydrogen (secondary N) is 1. The lowest BCUT2D eigenvalue weighted by Gasteiger charge is -2.31. The number of rotatable bonds is 9. The number of carbonyl (C=O) groups is 2. The van der Waals surface area contributed by atoms with Crippen LogP contribution in [-0.4, -0.2) is 35.4 Å². The highest BCUT2D eigenvalue weighted by Gasteiger charge is 2.29. The van der Waals surface area contributed by atoms with Gasteiger partial charge in [-0.05, 0) is 57.4 Å². The highest BCUT2D eigenvalue weighted by molar-refractivity contribution is 5.88. The molecule has 1 N–H and O–H groups in total. The quantitative estimate of drug-likeness (QED) is 0.697. The Morgan fingerprint density at radius 2 is 1.69 bits per heavy atom. The zero-order valence-electron chi connectivity index (χ0n) is 18.1. The molecule has 0 saturated heterocycles. The van der Waals surface area contributed by atoms with Crippen molar-refractivity contribution in [2.75, 3.05) is 6.61 Å². The smallest absolute Gasteiger partial charge is 0.261 e. The van der Waals surface area contributed by atoms with Crippen molar-refractivity contribution in [2.45, 2.75) is 59.7 Å². The third-order valence-corrected chi connectivity index (χ3v) is 4.80. The van der Waals surface area contributed by atoms with Crippen LogP contribution in [0.5, 0.6) is 5.75 Å². The summed E-state index contributed by atoms with van der Waals surface area (Å²) in [5, 5.41) is 2.94. The molecule has 5 nitrogen and oxygen atoms in total. The van der Waals surface area contributed by atoms with Crippen molar-refractivity contribution in [3.63, 3.8) is 0 Å². The summed E-state index contributed by atoms with van der Waals surface area (Å²) in [5.41, 5.74) is 3.23. The second-order valence-electron chi connectivity index (χ2n) is 7.64. The molecule has 0 aliphatic carbocycles. The van der Waals surface area contributed by atoms with E-state index in [2.05, 4.69) is 5.32 Å². The molecule has 0 radical (unpaired) electrons. The molecule has 0 fully saturated rings. The van der Waals surface area contributed by atoms with Crippen LogP contribution in [0.2, 0.25) is 0 Å². The summed E-state index contributed by atoms with van der Waals surface area (Å²) in [7, 11) is 0. The van der Waals surface area contributed by atoms with Crippen molar-refractivity contribution in [2.24, 2.45) is 0 Å². The minimum Gasteiger partial charge on any atom is -0.484 e. The van der Waals surface area contributed by atoms with E-state index in [0.29, 0.717) is 18.7 Å². The minimum atomic E-state index is -0.550. The van der Waals surface area contributed by atoms with E-state index < -0.39 is 6.04 Å². The summed E-state index contributed by atoms with van der Waals surface area (Å²) in [5.74, 6) is 0.291. The molecule has 0 aliphatic rings. The molecule has 0 spiro atoms. The number of carbonyl (C=O) groups excluding carboxylic acids is 2. The van der Waals surface area contributed by atoms with E-state index in [9.17, 15) is 9.59 Å². The molecule has 156 valence electrons. The molecule has 0 aromatic heterocycles. The molecular formula is C24H32N2O3. The SMILES string of the molecule is CC[C@H](C(=O)NC(C)C)N(Cc1ccccc1C)C(=O)COc1ccc(C)cc1. The van der Waals surface area contributed by atoms with E-state index in [1.807, 2.05) is 83.1 Å². The first-order valence-electron chi connectivity index (χ1n) is 10.2. The van der Waals surface area contributed by atoms with Crippen LogP contribution in [0.1, 0.15) is 43.9 Å². The maximum absolute atomic E-state index is 13.1. The third kappa shape index (κ3) is 6.63. The van der Waals surface area contributed by atoms with E-state index in [0.717, 1.165) is 16.7 Å². The molecule has 2 amide bonds. The fourth-order valence-electron chi connectivity index (χ4n) is 3.13. The maximum Gasteiger partial charge on any atom is 0.261 e. The molecule has 0 saturated carbocycles. The van der Waals surface area contributed by atoms with Crippen molar-refractivity contribution < 1.29 is 14.3 Å². The minimum absolute atomic E-state index is 0.00997. The van der Waals surface area contributed by atoms with E-state index >= 15 is 0 Å². The first kappa shape index (κ1) is 22.5. The van der Waals surface area contributed by atoms with E-state index in [1.165, 1.54) is 0 Å². The van der Waals surface area contributed by atoms with E-state index in [1.54, 1.807) is 4.90 Å². The van der Waals surface area contributed by atoms with Gasteiger partial charge in [-0.1, -0.05) is 48.9 Å². The lowest BCUT2D eigenvalue weighted by Crippen LogP contribution is -2.51. The summed E-state index contributed by atoms with van der Waals surface area (Å²) in [6, 6.07) is 14.9. The van der Waals surface area contributed by atoms with Gasteiger partial charge in [0.2, 0.25) is 5.91 Å². The van der Waals surface area contributed by atoms with Gasteiger partial charge in [-0.3, -0.25) is 9.59 Å². The third-order valence-electron chi connectivity index (χ3n) is 4.80. The Bertz CT molecular complexity index is 815. The Hall–Kier alpha value is -2.82. The number of hydrogen-bond donors (Lipinski definition) is 1. The Kier molecular flexibility index (Phi) is 8.25. The average molecular weight is 397 g/mol. The number of ether oxygens (including phenoxy) is 1. The highest BCUT2D eigenvalue weighted by Crippen LogP contribution is 2.17. The van der Waals surface area contributed by atoms with Gasteiger partial charge in [-0.2, -0.15) is 0 Å². The molecule has 0 bridgehead atoms. The first-order valence-corrected chi connectivity index (χ1v) is 10.2. The van der Waals surface area contributed by atoms with Crippen molar-refractivity contribution in [3.8, 4) is 5.75 Å². The van der Waals surface area contributed by atoms with Gasteiger partial charge in [-0.25, -0.2) is 0 Å². The van der Waals surface area contributed by atoms with Crippen molar-refractivity contribution in [1.82, 2.24) is 10.2 Å². The molecule has 2 aromatic rings. The Labute approximate surface area is 174 Å². The van der Waals surface area contributed by atoms with Crippen LogP contribution < -0.4 is 10.1 Å². The van der Waals surface area contributed by atoms with Crippen molar-refractivity contribution >= 4 is 11.8 Å². The zero-order valence-corrected chi connectivity index (χ0v) is 18.1. The topological polar surface area (TPSA) is 58.6 Å². The Balaban J connectivity index is 2.21. The lowest BCUT2D eigenvalue weighted by atomic mass is 10.1. The molecule has 0 unspecified atom stereocenters. The van der Waals surface area contributed by atoms with Crippen LogP contribution in [0.15, 0.2) is 48.5 Å². The molecule has 1 atom stereocenters. The van der Waals surface area contributed by atoms with Crippen LogP contribution in [-0.2, 0) is 16.1 Å². The number of nitrogens with zero attached hydrogens (tertiary/aromatic N) is 1. The average Bonchev–Trinajstić information content (AvgIpc) is 2.68. The monoisotopic (exact) mass is 396 g/mol. The standard InChI is InChI=1S/C24H32N2O3/c1-6-22(24(28)25-17(2)3)26(15-20-10-8-7-9-19(20)5)23(27)16-29-21-13-11-18(4)12-14-21/h7-14,17,22H,6,15-16H2,1-5H3,(H,25,28)/t22-/m1/s1. The summed E-state index contributed by atoms with van der Waals surface area (Å²) in [6.07, 6.45) is 0.528. The predicted molar refractivity (Wildman–Crippen MR) is 116 cm³/mol. The molecule has 5 heteroatoms. The van der Waals surface area contributed by atoms with Gasteiger partial charge >= 0.3 is 0 Å². The normalized spacial score (nSPS) is 11.8. The summed E-state index contributed by atoms with van der Waals surface area (Å²) >= 11 is 0. The molecule has 2 aromatic carbocycles.